The van der Waals surface area contributed by atoms with Crippen LogP contribution in [0.25, 0.3) is 136 Å². The molecule has 1 nitrogen and oxygen atoms in total. The summed E-state index contributed by atoms with van der Waals surface area (Å²) in [6, 6.07) is 96.2. The van der Waals surface area contributed by atoms with Crippen LogP contribution in [0.5, 0.6) is 0 Å². The van der Waals surface area contributed by atoms with Crippen molar-refractivity contribution in [2.45, 2.75) is 0 Å². The van der Waals surface area contributed by atoms with Gasteiger partial charge in [0.1, 0.15) is 0 Å². The third-order valence-electron chi connectivity index (χ3n) is 14.4. The molecule has 0 bridgehead atoms. The standard InChI is InChI=1S/C68H43NS/c1-5-18-44(19-6-1)49-34-37-65-60(39-49)62-43-52(45-20-7-2-8-21-45)42-58(68(62)70-65)51-33-36-64-59(41-51)54-28-15-16-31-63(54)69(64)53-27-17-26-48(38-53)50-32-35-57-61(40-50)67(47-24-11-4-12-25-47)56-30-14-13-29-55(56)66(57)46-22-9-3-10-23-46/h1-43H. The Morgan fingerprint density at radius 2 is 0.714 bits per heavy atom. The van der Waals surface area contributed by atoms with E-state index in [9.17, 15) is 0 Å². The second-order valence-corrected chi connectivity index (χ2v) is 19.4. The molecule has 0 saturated heterocycles. The van der Waals surface area contributed by atoms with Gasteiger partial charge in [0.25, 0.3) is 0 Å². The van der Waals surface area contributed by atoms with Crippen molar-refractivity contribution in [1.82, 2.24) is 4.57 Å². The van der Waals surface area contributed by atoms with Gasteiger partial charge >= 0.3 is 0 Å². The Balaban J connectivity index is 0.939. The fraction of sp³-hybridized carbons (Fsp3) is 0. The average Bonchev–Trinajstić information content (AvgIpc) is 3.98. The monoisotopic (exact) mass is 905 g/mol. The molecule has 70 heavy (non-hydrogen) atoms. The van der Waals surface area contributed by atoms with Crippen molar-refractivity contribution in [3.05, 3.63) is 261 Å². The Kier molecular flexibility index (Phi) is 9.46. The molecule has 2 heteroatoms. The first-order chi connectivity index (χ1) is 34.7. The fourth-order valence-electron chi connectivity index (χ4n) is 11.1. The number of fused-ring (bicyclic) bond motifs is 8. The van der Waals surface area contributed by atoms with Crippen LogP contribution < -0.4 is 0 Å². The van der Waals surface area contributed by atoms with Crippen LogP contribution >= 0.6 is 11.3 Å². The van der Waals surface area contributed by atoms with Crippen LogP contribution in [0.1, 0.15) is 0 Å². The summed E-state index contributed by atoms with van der Waals surface area (Å²) >= 11 is 1.90. The van der Waals surface area contributed by atoms with E-state index in [-0.39, 0.29) is 0 Å². The molecule has 0 saturated carbocycles. The van der Waals surface area contributed by atoms with Crippen molar-refractivity contribution < 1.29 is 0 Å². The summed E-state index contributed by atoms with van der Waals surface area (Å²) < 4.78 is 5.06. The maximum Gasteiger partial charge on any atom is 0.0541 e. The Morgan fingerprint density at radius 3 is 1.41 bits per heavy atom. The third kappa shape index (κ3) is 6.60. The lowest BCUT2D eigenvalue weighted by atomic mass is 9.85. The molecule has 0 aliphatic carbocycles. The zero-order chi connectivity index (χ0) is 46.1. The van der Waals surface area contributed by atoms with E-state index in [0.29, 0.717) is 0 Å². The molecular weight excluding hydrogens is 863 g/mol. The molecule has 14 rings (SSSR count). The molecule has 0 aliphatic rings. The minimum atomic E-state index is 1.13. The van der Waals surface area contributed by atoms with Crippen molar-refractivity contribution in [2.24, 2.45) is 0 Å². The highest BCUT2D eigenvalue weighted by atomic mass is 32.1. The van der Waals surface area contributed by atoms with Gasteiger partial charge in [0.15, 0.2) is 0 Å². The van der Waals surface area contributed by atoms with E-state index in [4.69, 9.17) is 0 Å². The molecule has 0 spiro atoms. The summed E-state index contributed by atoms with van der Waals surface area (Å²) in [4.78, 5) is 0. The molecule has 14 aromatic rings. The Hall–Kier alpha value is -8.82. The molecule has 2 aromatic heterocycles. The minimum Gasteiger partial charge on any atom is -0.309 e. The topological polar surface area (TPSA) is 4.93 Å². The predicted molar refractivity (Wildman–Crippen MR) is 301 cm³/mol. The maximum atomic E-state index is 2.45. The molecule has 0 atom stereocenters. The van der Waals surface area contributed by atoms with Gasteiger partial charge < -0.3 is 4.57 Å². The first kappa shape index (κ1) is 40.3. The van der Waals surface area contributed by atoms with Crippen LogP contribution in [0.15, 0.2) is 261 Å². The molecule has 0 amide bonds. The van der Waals surface area contributed by atoms with Gasteiger partial charge in [-0.05, 0) is 143 Å². The Labute approximate surface area is 410 Å². The summed E-state index contributed by atoms with van der Waals surface area (Å²) in [7, 11) is 0. The van der Waals surface area contributed by atoms with E-state index in [1.807, 2.05) is 11.3 Å². The predicted octanol–water partition coefficient (Wildman–Crippen LogP) is 19.5. The van der Waals surface area contributed by atoms with Gasteiger partial charge in [0.2, 0.25) is 0 Å². The quantitative estimate of drug-likeness (QED) is 0.140. The molecule has 0 aliphatic heterocycles. The van der Waals surface area contributed by atoms with E-state index in [2.05, 4.69) is 265 Å². The number of nitrogens with zero attached hydrogens (tertiary/aromatic N) is 1. The van der Waals surface area contributed by atoms with Gasteiger partial charge in [-0.3, -0.25) is 0 Å². The van der Waals surface area contributed by atoms with E-state index in [1.165, 1.54) is 130 Å². The molecule has 326 valence electrons. The second kappa shape index (κ2) is 16.5. The van der Waals surface area contributed by atoms with E-state index >= 15 is 0 Å². The summed E-state index contributed by atoms with van der Waals surface area (Å²) in [5.41, 5.74) is 18.2. The second-order valence-electron chi connectivity index (χ2n) is 18.4. The Bertz CT molecular complexity index is 4320. The van der Waals surface area contributed by atoms with Crippen molar-refractivity contribution in [3.63, 3.8) is 0 Å². The highest BCUT2D eigenvalue weighted by molar-refractivity contribution is 7.26. The molecular formula is C68H43NS. The summed E-state index contributed by atoms with van der Waals surface area (Å²) in [6.45, 7) is 0. The van der Waals surface area contributed by atoms with Gasteiger partial charge in [-0.1, -0.05) is 200 Å². The summed E-state index contributed by atoms with van der Waals surface area (Å²) in [5, 5.41) is 10.1. The van der Waals surface area contributed by atoms with Crippen molar-refractivity contribution >= 4 is 74.9 Å². The SMILES string of the molecule is c1ccc(-c2ccc3sc4c(-c5ccc6c(c5)c5ccccc5n6-c5cccc(-c6ccc7c(-c8ccccc8)c8ccccc8c(-c8ccccc8)c7c6)c5)cc(-c5ccccc5)cc4c3c2)cc1. The van der Waals surface area contributed by atoms with E-state index < -0.39 is 0 Å². The highest BCUT2D eigenvalue weighted by Crippen LogP contribution is 2.47. The molecule has 0 N–H and O–H groups in total. The van der Waals surface area contributed by atoms with E-state index in [1.54, 1.807) is 0 Å². The number of benzene rings is 12. The van der Waals surface area contributed by atoms with Crippen LogP contribution in [-0.4, -0.2) is 4.57 Å². The number of hydrogen-bond acceptors (Lipinski definition) is 1. The van der Waals surface area contributed by atoms with Gasteiger partial charge in [-0.15, -0.1) is 11.3 Å². The number of rotatable bonds is 7. The van der Waals surface area contributed by atoms with Gasteiger partial charge in [-0.25, -0.2) is 0 Å². The fourth-order valence-corrected chi connectivity index (χ4v) is 12.3. The van der Waals surface area contributed by atoms with E-state index in [0.717, 1.165) is 5.69 Å². The van der Waals surface area contributed by atoms with Gasteiger partial charge in [0, 0.05) is 42.2 Å². The number of hydrogen-bond donors (Lipinski definition) is 0. The summed E-state index contributed by atoms with van der Waals surface area (Å²) in [5.74, 6) is 0. The highest BCUT2D eigenvalue weighted by Gasteiger charge is 2.20. The molecule has 0 fully saturated rings. The number of aromatic nitrogens is 1. The van der Waals surface area contributed by atoms with Crippen LogP contribution in [0.2, 0.25) is 0 Å². The normalized spacial score (nSPS) is 11.7. The number of thiophene rings is 1. The zero-order valence-corrected chi connectivity index (χ0v) is 39.0. The van der Waals surface area contributed by atoms with Crippen LogP contribution in [0, 0.1) is 0 Å². The van der Waals surface area contributed by atoms with Crippen molar-refractivity contribution in [1.29, 1.82) is 0 Å². The van der Waals surface area contributed by atoms with Crippen molar-refractivity contribution in [2.75, 3.05) is 0 Å². The average molecular weight is 906 g/mol. The zero-order valence-electron chi connectivity index (χ0n) is 38.2. The van der Waals surface area contributed by atoms with Gasteiger partial charge in [0.05, 0.1) is 11.0 Å². The Morgan fingerprint density at radius 1 is 0.243 bits per heavy atom. The van der Waals surface area contributed by atoms with Crippen LogP contribution in [0.4, 0.5) is 0 Å². The van der Waals surface area contributed by atoms with Crippen LogP contribution in [0.3, 0.4) is 0 Å². The summed E-state index contributed by atoms with van der Waals surface area (Å²) in [6.07, 6.45) is 0. The van der Waals surface area contributed by atoms with Gasteiger partial charge in [-0.2, -0.15) is 0 Å². The van der Waals surface area contributed by atoms with Crippen LogP contribution in [-0.2, 0) is 0 Å². The number of para-hydroxylation sites is 1. The molecule has 0 unspecified atom stereocenters. The molecule has 0 radical (unpaired) electrons. The smallest absolute Gasteiger partial charge is 0.0541 e. The first-order valence-electron chi connectivity index (χ1n) is 24.1. The maximum absolute atomic E-state index is 2.45. The van der Waals surface area contributed by atoms with Crippen molar-refractivity contribution in [3.8, 4) is 72.4 Å². The first-order valence-corrected chi connectivity index (χ1v) is 24.9. The molecule has 2 heterocycles. The lowest BCUT2D eigenvalue weighted by Crippen LogP contribution is -1.95. The lowest BCUT2D eigenvalue weighted by Gasteiger charge is -2.19. The molecule has 12 aromatic carbocycles. The third-order valence-corrected chi connectivity index (χ3v) is 15.6. The largest absolute Gasteiger partial charge is 0.309 e. The minimum absolute atomic E-state index is 1.13. The lowest BCUT2D eigenvalue weighted by molar-refractivity contribution is 1.18.